The largest absolute Gasteiger partial charge is 0.497 e. The van der Waals surface area contributed by atoms with Crippen LogP contribution in [0.5, 0.6) is 5.75 Å². The van der Waals surface area contributed by atoms with Gasteiger partial charge in [0, 0.05) is 11.5 Å². The van der Waals surface area contributed by atoms with Crippen molar-refractivity contribution in [3.63, 3.8) is 0 Å². The minimum absolute atomic E-state index is 0.0000743. The summed E-state index contributed by atoms with van der Waals surface area (Å²) in [5.41, 5.74) is 0.650. The summed E-state index contributed by atoms with van der Waals surface area (Å²) in [6, 6.07) is 5.15. The number of nitrogens with one attached hydrogen (secondary N) is 1. The lowest BCUT2D eigenvalue weighted by Crippen LogP contribution is -1.96. The summed E-state index contributed by atoms with van der Waals surface area (Å²) in [6.07, 6.45) is 0. The zero-order chi connectivity index (χ0) is 11.0. The first-order chi connectivity index (χ1) is 7.13. The van der Waals surface area contributed by atoms with E-state index in [1.165, 1.54) is 0 Å². The number of ether oxygens (including phenoxy) is 1. The van der Waals surface area contributed by atoms with Crippen LogP contribution in [0.1, 0.15) is 10.5 Å². The van der Waals surface area contributed by atoms with Gasteiger partial charge in [-0.3, -0.25) is 0 Å². The average Bonchev–Trinajstić information content (AvgIpc) is 2.55. The Morgan fingerprint density at radius 3 is 2.87 bits per heavy atom. The van der Waals surface area contributed by atoms with Crippen LogP contribution in [0.4, 0.5) is 0 Å². The van der Waals surface area contributed by atoms with Crippen molar-refractivity contribution in [2.24, 2.45) is 0 Å². The third-order valence-electron chi connectivity index (χ3n) is 2.16. The highest BCUT2D eigenvalue weighted by molar-refractivity contribution is 6.38. The SMILES string of the molecule is COc1ccc2c(Cl)c(C(=O)O)[nH]c2c1. The molecule has 0 aliphatic rings. The number of aromatic amines is 1. The summed E-state index contributed by atoms with van der Waals surface area (Å²) < 4.78 is 5.02. The fraction of sp³-hybridized carbons (Fsp3) is 0.100. The number of rotatable bonds is 2. The second-order valence-electron chi connectivity index (χ2n) is 3.03. The third-order valence-corrected chi connectivity index (χ3v) is 2.55. The fourth-order valence-electron chi connectivity index (χ4n) is 1.42. The Kier molecular flexibility index (Phi) is 2.28. The number of methoxy groups -OCH3 is 1. The Bertz CT molecular complexity index is 533. The van der Waals surface area contributed by atoms with Gasteiger partial charge >= 0.3 is 5.97 Å². The van der Waals surface area contributed by atoms with E-state index < -0.39 is 5.97 Å². The quantitative estimate of drug-likeness (QED) is 0.826. The molecule has 0 radical (unpaired) electrons. The highest BCUT2D eigenvalue weighted by Crippen LogP contribution is 2.29. The molecule has 0 bridgehead atoms. The molecule has 1 aromatic heterocycles. The van der Waals surface area contributed by atoms with E-state index in [2.05, 4.69) is 4.98 Å². The van der Waals surface area contributed by atoms with Crippen molar-refractivity contribution in [3.05, 3.63) is 28.9 Å². The molecule has 0 spiro atoms. The molecule has 0 unspecified atom stereocenters. The van der Waals surface area contributed by atoms with Gasteiger partial charge in [0.15, 0.2) is 0 Å². The normalized spacial score (nSPS) is 10.5. The van der Waals surface area contributed by atoms with Gasteiger partial charge < -0.3 is 14.8 Å². The van der Waals surface area contributed by atoms with Crippen molar-refractivity contribution >= 4 is 28.5 Å². The first-order valence-corrected chi connectivity index (χ1v) is 4.60. The lowest BCUT2D eigenvalue weighted by Gasteiger charge is -1.97. The van der Waals surface area contributed by atoms with Gasteiger partial charge in [-0.25, -0.2) is 4.79 Å². The Morgan fingerprint density at radius 2 is 2.27 bits per heavy atom. The number of H-pyrrole nitrogens is 1. The minimum Gasteiger partial charge on any atom is -0.497 e. The van der Waals surface area contributed by atoms with Gasteiger partial charge in [-0.2, -0.15) is 0 Å². The van der Waals surface area contributed by atoms with E-state index in [1.807, 2.05) is 0 Å². The lowest BCUT2D eigenvalue weighted by molar-refractivity contribution is 0.0691. The van der Waals surface area contributed by atoms with E-state index in [9.17, 15) is 4.79 Å². The number of carbonyl (C=O) groups is 1. The zero-order valence-electron chi connectivity index (χ0n) is 7.87. The summed E-state index contributed by atoms with van der Waals surface area (Å²) in [4.78, 5) is 13.5. The monoisotopic (exact) mass is 225 g/mol. The molecule has 2 N–H and O–H groups in total. The molecule has 1 aromatic carbocycles. The maximum atomic E-state index is 10.8. The number of halogens is 1. The molecule has 2 aromatic rings. The van der Waals surface area contributed by atoms with Gasteiger partial charge in [0.2, 0.25) is 0 Å². The summed E-state index contributed by atoms with van der Waals surface area (Å²) >= 11 is 5.89. The van der Waals surface area contributed by atoms with Crippen LogP contribution in [0.3, 0.4) is 0 Å². The Balaban J connectivity index is 2.70. The van der Waals surface area contributed by atoms with Crippen LogP contribution in [0.15, 0.2) is 18.2 Å². The second-order valence-corrected chi connectivity index (χ2v) is 3.41. The van der Waals surface area contributed by atoms with E-state index in [-0.39, 0.29) is 10.7 Å². The van der Waals surface area contributed by atoms with E-state index in [0.717, 1.165) is 0 Å². The van der Waals surface area contributed by atoms with E-state index >= 15 is 0 Å². The van der Waals surface area contributed by atoms with Crippen molar-refractivity contribution in [3.8, 4) is 5.75 Å². The molecule has 1 heterocycles. The van der Waals surface area contributed by atoms with Crippen LogP contribution in [0.25, 0.3) is 10.9 Å². The molecule has 15 heavy (non-hydrogen) atoms. The highest BCUT2D eigenvalue weighted by atomic mass is 35.5. The number of carboxylic acid groups (broad SMARTS) is 1. The number of aromatic carboxylic acids is 1. The molecule has 2 rings (SSSR count). The van der Waals surface area contributed by atoms with Crippen LogP contribution >= 0.6 is 11.6 Å². The van der Waals surface area contributed by atoms with Crippen LogP contribution in [0.2, 0.25) is 5.02 Å². The number of hydrogen-bond donors (Lipinski definition) is 2. The van der Waals surface area contributed by atoms with E-state index in [0.29, 0.717) is 16.7 Å². The molecule has 4 nitrogen and oxygen atoms in total. The number of carboxylic acids is 1. The zero-order valence-corrected chi connectivity index (χ0v) is 8.63. The number of fused-ring (bicyclic) bond motifs is 1. The van der Waals surface area contributed by atoms with Crippen molar-refractivity contribution in [1.82, 2.24) is 4.98 Å². The predicted octanol–water partition coefficient (Wildman–Crippen LogP) is 2.53. The molecular formula is C10H8ClNO3. The number of aromatic nitrogens is 1. The molecule has 5 heteroatoms. The molecule has 0 aliphatic heterocycles. The second kappa shape index (κ2) is 3.47. The molecule has 0 atom stereocenters. The summed E-state index contributed by atoms with van der Waals surface area (Å²) in [5, 5.41) is 9.74. The Labute approximate surface area is 90.4 Å². The van der Waals surface area contributed by atoms with Crippen molar-refractivity contribution in [2.45, 2.75) is 0 Å². The summed E-state index contributed by atoms with van der Waals surface area (Å²) in [5.74, 6) is -0.424. The number of benzene rings is 1. The summed E-state index contributed by atoms with van der Waals surface area (Å²) in [6.45, 7) is 0. The first-order valence-electron chi connectivity index (χ1n) is 4.22. The Morgan fingerprint density at radius 1 is 1.53 bits per heavy atom. The highest BCUT2D eigenvalue weighted by Gasteiger charge is 2.15. The Hall–Kier alpha value is -1.68. The first kappa shape index (κ1) is 9.86. The third kappa shape index (κ3) is 1.53. The smallest absolute Gasteiger partial charge is 0.353 e. The molecule has 0 saturated heterocycles. The van der Waals surface area contributed by atoms with Gasteiger partial charge in [-0.05, 0) is 12.1 Å². The van der Waals surface area contributed by atoms with Gasteiger partial charge in [-0.15, -0.1) is 0 Å². The lowest BCUT2D eigenvalue weighted by atomic mass is 10.2. The maximum absolute atomic E-state index is 10.8. The van der Waals surface area contributed by atoms with Gasteiger partial charge in [0.1, 0.15) is 11.4 Å². The van der Waals surface area contributed by atoms with E-state index in [1.54, 1.807) is 25.3 Å². The molecule has 78 valence electrons. The van der Waals surface area contributed by atoms with Crippen molar-refractivity contribution in [1.29, 1.82) is 0 Å². The fourth-order valence-corrected chi connectivity index (χ4v) is 1.71. The van der Waals surface area contributed by atoms with Gasteiger partial charge in [0.05, 0.1) is 17.6 Å². The standard InChI is InChI=1S/C10H8ClNO3/c1-15-5-2-3-6-7(4-5)12-9(8(6)11)10(13)14/h2-4,12H,1H3,(H,13,14). The van der Waals surface area contributed by atoms with Gasteiger partial charge in [0.25, 0.3) is 0 Å². The molecule has 0 saturated carbocycles. The average molecular weight is 226 g/mol. The molecule has 0 fully saturated rings. The maximum Gasteiger partial charge on any atom is 0.353 e. The van der Waals surface area contributed by atoms with Gasteiger partial charge in [-0.1, -0.05) is 11.6 Å². The molecule has 0 amide bonds. The molecule has 0 aliphatic carbocycles. The predicted molar refractivity (Wildman–Crippen MR) is 56.8 cm³/mol. The van der Waals surface area contributed by atoms with Crippen LogP contribution in [0, 0.1) is 0 Å². The van der Waals surface area contributed by atoms with Crippen LogP contribution < -0.4 is 4.74 Å². The number of hydrogen-bond acceptors (Lipinski definition) is 2. The molecular weight excluding hydrogens is 218 g/mol. The van der Waals surface area contributed by atoms with E-state index in [4.69, 9.17) is 21.4 Å². The topological polar surface area (TPSA) is 62.3 Å². The van der Waals surface area contributed by atoms with Crippen molar-refractivity contribution in [2.75, 3.05) is 7.11 Å². The van der Waals surface area contributed by atoms with Crippen LogP contribution in [-0.4, -0.2) is 23.2 Å². The van der Waals surface area contributed by atoms with Crippen LogP contribution in [-0.2, 0) is 0 Å². The minimum atomic E-state index is -1.07. The van der Waals surface area contributed by atoms with Crippen molar-refractivity contribution < 1.29 is 14.6 Å². The summed E-state index contributed by atoms with van der Waals surface area (Å²) in [7, 11) is 1.55.